The van der Waals surface area contributed by atoms with Crippen molar-refractivity contribution in [3.63, 3.8) is 0 Å². The van der Waals surface area contributed by atoms with E-state index in [0.29, 0.717) is 25.0 Å². The van der Waals surface area contributed by atoms with Crippen LogP contribution in [-0.2, 0) is 6.54 Å². The molecular weight excluding hydrogens is 264 g/mol. The lowest BCUT2D eigenvalue weighted by Crippen LogP contribution is -2.38. The van der Waals surface area contributed by atoms with E-state index in [1.807, 2.05) is 31.3 Å². The molecule has 0 saturated heterocycles. The summed E-state index contributed by atoms with van der Waals surface area (Å²) in [5.74, 6) is 1.42. The van der Waals surface area contributed by atoms with E-state index in [9.17, 15) is 5.11 Å². The summed E-state index contributed by atoms with van der Waals surface area (Å²) < 4.78 is 5.69. The summed E-state index contributed by atoms with van der Waals surface area (Å²) in [4.78, 5) is 2.18. The molecule has 1 aromatic carbocycles. The minimum absolute atomic E-state index is 0.287. The lowest BCUT2D eigenvalue weighted by atomic mass is 10.0. The van der Waals surface area contributed by atoms with Gasteiger partial charge in [0.2, 0.25) is 0 Å². The third-order valence-corrected chi connectivity index (χ3v) is 3.69. The summed E-state index contributed by atoms with van der Waals surface area (Å²) in [7, 11) is 2.05. The van der Waals surface area contributed by atoms with Crippen LogP contribution < -0.4 is 10.5 Å². The Hall–Kier alpha value is -1.10. The van der Waals surface area contributed by atoms with E-state index in [-0.39, 0.29) is 6.61 Å². The molecule has 0 saturated carbocycles. The molecule has 0 aliphatic rings. The van der Waals surface area contributed by atoms with Crippen LogP contribution in [0.5, 0.6) is 5.75 Å². The fraction of sp³-hybridized carbons (Fsp3) is 0.647. The topological polar surface area (TPSA) is 58.7 Å². The van der Waals surface area contributed by atoms with Crippen molar-refractivity contribution in [2.24, 2.45) is 11.7 Å². The molecule has 120 valence electrons. The highest BCUT2D eigenvalue weighted by Gasteiger charge is 2.15. The molecule has 2 unspecified atom stereocenters. The Labute approximate surface area is 128 Å². The van der Waals surface area contributed by atoms with Gasteiger partial charge in [0.1, 0.15) is 18.5 Å². The van der Waals surface area contributed by atoms with Gasteiger partial charge in [-0.25, -0.2) is 0 Å². The molecule has 4 nitrogen and oxygen atoms in total. The lowest BCUT2D eigenvalue weighted by molar-refractivity contribution is 0.0620. The molecule has 4 heteroatoms. The molecule has 0 aliphatic carbocycles. The third-order valence-electron chi connectivity index (χ3n) is 3.69. The number of rotatable bonds is 9. The number of aliphatic hydroxyl groups is 1. The first-order valence-electron chi connectivity index (χ1n) is 7.73. The number of para-hydroxylation sites is 1. The second kappa shape index (κ2) is 9.03. The average molecular weight is 294 g/mol. The van der Waals surface area contributed by atoms with Gasteiger partial charge in [0.15, 0.2) is 0 Å². The average Bonchev–Trinajstić information content (AvgIpc) is 2.44. The SMILES string of the molecule is CC(C)CC(C)N(C)CC(O)COc1ccccc1CN. The minimum atomic E-state index is -0.504. The van der Waals surface area contributed by atoms with Crippen molar-refractivity contribution >= 4 is 0 Å². The molecule has 21 heavy (non-hydrogen) atoms. The molecule has 0 aromatic heterocycles. The summed E-state index contributed by atoms with van der Waals surface area (Å²) in [6.07, 6.45) is 0.621. The van der Waals surface area contributed by atoms with Gasteiger partial charge < -0.3 is 20.5 Å². The molecule has 3 N–H and O–H groups in total. The van der Waals surface area contributed by atoms with Crippen molar-refractivity contribution in [3.8, 4) is 5.75 Å². The Balaban J connectivity index is 2.41. The fourth-order valence-corrected chi connectivity index (χ4v) is 2.43. The maximum Gasteiger partial charge on any atom is 0.123 e. The van der Waals surface area contributed by atoms with Crippen LogP contribution >= 0.6 is 0 Å². The van der Waals surface area contributed by atoms with Crippen LogP contribution in [0.25, 0.3) is 0 Å². The van der Waals surface area contributed by atoms with Crippen molar-refractivity contribution in [1.82, 2.24) is 4.90 Å². The number of benzene rings is 1. The van der Waals surface area contributed by atoms with Crippen molar-refractivity contribution < 1.29 is 9.84 Å². The number of aliphatic hydroxyl groups excluding tert-OH is 1. The molecule has 0 amide bonds. The van der Waals surface area contributed by atoms with E-state index < -0.39 is 6.10 Å². The first-order valence-corrected chi connectivity index (χ1v) is 7.73. The van der Waals surface area contributed by atoms with Crippen molar-refractivity contribution in [3.05, 3.63) is 29.8 Å². The first kappa shape index (κ1) is 18.0. The molecular formula is C17H30N2O2. The smallest absolute Gasteiger partial charge is 0.123 e. The zero-order valence-corrected chi connectivity index (χ0v) is 13.7. The number of hydrogen-bond acceptors (Lipinski definition) is 4. The Bertz CT molecular complexity index is 410. The van der Waals surface area contributed by atoms with Gasteiger partial charge in [-0.15, -0.1) is 0 Å². The number of nitrogens with two attached hydrogens (primary N) is 1. The Morgan fingerprint density at radius 3 is 2.52 bits per heavy atom. The van der Waals surface area contributed by atoms with Gasteiger partial charge in [-0.3, -0.25) is 0 Å². The van der Waals surface area contributed by atoms with Crippen LogP contribution in [0, 0.1) is 5.92 Å². The normalized spacial score (nSPS) is 14.5. The summed E-state index contributed by atoms with van der Waals surface area (Å²) >= 11 is 0. The summed E-state index contributed by atoms with van der Waals surface area (Å²) in [6.45, 7) is 7.96. The third kappa shape index (κ3) is 6.46. The zero-order chi connectivity index (χ0) is 15.8. The molecule has 0 radical (unpaired) electrons. The Morgan fingerprint density at radius 2 is 1.90 bits per heavy atom. The number of likely N-dealkylation sites (N-methyl/N-ethyl adjacent to an activating group) is 1. The summed E-state index contributed by atoms with van der Waals surface area (Å²) in [5.41, 5.74) is 6.64. The number of hydrogen-bond donors (Lipinski definition) is 2. The van der Waals surface area contributed by atoms with Crippen molar-refractivity contribution in [2.45, 2.75) is 45.9 Å². The van der Waals surface area contributed by atoms with Gasteiger partial charge in [0.05, 0.1) is 0 Å². The van der Waals surface area contributed by atoms with Crippen LogP contribution in [0.1, 0.15) is 32.8 Å². The van der Waals surface area contributed by atoms with Gasteiger partial charge in [-0.05, 0) is 32.4 Å². The van der Waals surface area contributed by atoms with Crippen molar-refractivity contribution in [1.29, 1.82) is 0 Å². The summed E-state index contributed by atoms with van der Waals surface area (Å²) in [6, 6.07) is 8.14. The molecule has 0 fully saturated rings. The molecule has 2 atom stereocenters. The maximum absolute atomic E-state index is 10.1. The molecule has 0 bridgehead atoms. The van der Waals surface area contributed by atoms with E-state index in [4.69, 9.17) is 10.5 Å². The van der Waals surface area contributed by atoms with Crippen LogP contribution in [0.2, 0.25) is 0 Å². The van der Waals surface area contributed by atoms with E-state index in [1.165, 1.54) is 0 Å². The minimum Gasteiger partial charge on any atom is -0.491 e. The first-order chi connectivity index (χ1) is 9.93. The maximum atomic E-state index is 10.1. The number of ether oxygens (including phenoxy) is 1. The predicted octanol–water partition coefficient (Wildman–Crippen LogP) is 2.25. The van der Waals surface area contributed by atoms with E-state index in [1.54, 1.807) is 0 Å². The standard InChI is InChI=1S/C17H30N2O2/c1-13(2)9-14(3)19(4)11-16(20)12-21-17-8-6-5-7-15(17)10-18/h5-8,13-14,16,20H,9-12,18H2,1-4H3. The van der Waals surface area contributed by atoms with Gasteiger partial charge in [-0.1, -0.05) is 32.0 Å². The Morgan fingerprint density at radius 1 is 1.24 bits per heavy atom. The molecule has 1 rings (SSSR count). The van der Waals surface area contributed by atoms with Crippen LogP contribution in [0.3, 0.4) is 0 Å². The lowest BCUT2D eigenvalue weighted by Gasteiger charge is -2.28. The van der Waals surface area contributed by atoms with Gasteiger partial charge in [0, 0.05) is 24.7 Å². The van der Waals surface area contributed by atoms with Crippen molar-refractivity contribution in [2.75, 3.05) is 20.2 Å². The van der Waals surface area contributed by atoms with Gasteiger partial charge in [-0.2, -0.15) is 0 Å². The van der Waals surface area contributed by atoms with Crippen LogP contribution in [0.4, 0.5) is 0 Å². The molecule has 1 aromatic rings. The Kier molecular flexibility index (Phi) is 7.72. The molecule has 0 spiro atoms. The second-order valence-corrected chi connectivity index (χ2v) is 6.19. The van der Waals surface area contributed by atoms with E-state index in [0.717, 1.165) is 17.7 Å². The predicted molar refractivity (Wildman–Crippen MR) is 87.4 cm³/mol. The quantitative estimate of drug-likeness (QED) is 0.733. The van der Waals surface area contributed by atoms with E-state index in [2.05, 4.69) is 25.7 Å². The highest BCUT2D eigenvalue weighted by Crippen LogP contribution is 2.17. The van der Waals surface area contributed by atoms with Gasteiger partial charge >= 0.3 is 0 Å². The zero-order valence-electron chi connectivity index (χ0n) is 13.7. The fourth-order valence-electron chi connectivity index (χ4n) is 2.43. The molecule has 0 aliphatic heterocycles. The summed E-state index contributed by atoms with van der Waals surface area (Å²) in [5, 5.41) is 10.1. The van der Waals surface area contributed by atoms with Crippen LogP contribution in [-0.4, -0.2) is 42.4 Å². The van der Waals surface area contributed by atoms with E-state index >= 15 is 0 Å². The highest BCUT2D eigenvalue weighted by molar-refractivity contribution is 5.32. The monoisotopic (exact) mass is 294 g/mol. The molecule has 0 heterocycles. The largest absolute Gasteiger partial charge is 0.491 e. The van der Waals surface area contributed by atoms with Gasteiger partial charge in [0.25, 0.3) is 0 Å². The second-order valence-electron chi connectivity index (χ2n) is 6.19. The van der Waals surface area contributed by atoms with Crippen LogP contribution in [0.15, 0.2) is 24.3 Å². The highest BCUT2D eigenvalue weighted by atomic mass is 16.5. The number of nitrogens with zero attached hydrogens (tertiary/aromatic N) is 1.